The molecule has 2 fully saturated rings. The van der Waals surface area contributed by atoms with E-state index in [9.17, 15) is 4.79 Å². The smallest absolute Gasteiger partial charge is 0.254 e. The minimum atomic E-state index is -0.555. The predicted octanol–water partition coefficient (Wildman–Crippen LogP) is -0.275. The second-order valence-corrected chi connectivity index (χ2v) is 4.15. The van der Waals surface area contributed by atoms with E-state index in [1.165, 1.54) is 0 Å². The van der Waals surface area contributed by atoms with Crippen LogP contribution in [0.4, 0.5) is 0 Å². The number of carbonyl (C=O) groups is 1. The van der Waals surface area contributed by atoms with E-state index in [2.05, 4.69) is 0 Å². The maximum absolute atomic E-state index is 11.8. The average molecular weight is 184 g/mol. The van der Waals surface area contributed by atoms with Gasteiger partial charge in [0.25, 0.3) is 5.91 Å². The molecule has 13 heavy (non-hydrogen) atoms. The number of rotatable bonds is 1. The van der Waals surface area contributed by atoms with E-state index in [0.717, 1.165) is 12.8 Å². The van der Waals surface area contributed by atoms with E-state index >= 15 is 0 Å². The molecule has 4 nitrogen and oxygen atoms in total. The van der Waals surface area contributed by atoms with Gasteiger partial charge in [-0.3, -0.25) is 4.79 Å². The first-order valence-corrected chi connectivity index (χ1v) is 4.81. The second kappa shape index (κ2) is 2.96. The van der Waals surface area contributed by atoms with Gasteiger partial charge >= 0.3 is 0 Å². The summed E-state index contributed by atoms with van der Waals surface area (Å²) in [5.41, 5.74) is 5.06. The van der Waals surface area contributed by atoms with Crippen LogP contribution in [-0.2, 0) is 9.53 Å². The van der Waals surface area contributed by atoms with E-state index in [1.807, 2.05) is 6.92 Å². The van der Waals surface area contributed by atoms with Crippen LogP contribution in [0, 0.1) is 0 Å². The van der Waals surface area contributed by atoms with Crippen molar-refractivity contribution in [1.82, 2.24) is 4.90 Å². The third-order valence-corrected chi connectivity index (χ3v) is 2.87. The van der Waals surface area contributed by atoms with Gasteiger partial charge in [0, 0.05) is 25.7 Å². The molecule has 2 N–H and O–H groups in total. The van der Waals surface area contributed by atoms with Crippen molar-refractivity contribution in [1.29, 1.82) is 0 Å². The number of ether oxygens (including phenoxy) is 1. The number of carbonyl (C=O) groups excluding carboxylic acids is 1. The van der Waals surface area contributed by atoms with Crippen molar-refractivity contribution in [3.8, 4) is 0 Å². The van der Waals surface area contributed by atoms with Gasteiger partial charge in [-0.1, -0.05) is 0 Å². The third kappa shape index (κ3) is 1.44. The van der Waals surface area contributed by atoms with Gasteiger partial charge in [-0.2, -0.15) is 0 Å². The first kappa shape index (κ1) is 8.97. The fourth-order valence-electron chi connectivity index (χ4n) is 1.96. The van der Waals surface area contributed by atoms with Crippen LogP contribution in [0.3, 0.4) is 0 Å². The summed E-state index contributed by atoms with van der Waals surface area (Å²) in [7, 11) is 0. The van der Waals surface area contributed by atoms with Gasteiger partial charge in [-0.05, 0) is 19.8 Å². The summed E-state index contributed by atoms with van der Waals surface area (Å²) in [5.74, 6) is 0.117. The van der Waals surface area contributed by atoms with Crippen LogP contribution >= 0.6 is 0 Å². The van der Waals surface area contributed by atoms with Crippen molar-refractivity contribution in [3.63, 3.8) is 0 Å². The molecule has 1 amide bonds. The molecule has 0 radical (unpaired) electrons. The monoisotopic (exact) mass is 184 g/mol. The Kier molecular flexibility index (Phi) is 2.04. The van der Waals surface area contributed by atoms with Gasteiger partial charge in [-0.15, -0.1) is 0 Å². The number of likely N-dealkylation sites (tertiary alicyclic amines) is 1. The molecule has 1 unspecified atom stereocenters. The average Bonchev–Trinajstić information content (AvgIpc) is 2.46. The highest BCUT2D eigenvalue weighted by molar-refractivity contribution is 5.85. The standard InChI is InChI=1S/C9H16N2O2/c1-9(3-2-4-13-9)8(12)11-5-7(10)6-11/h7H,2-6,10H2,1H3. The first-order chi connectivity index (χ1) is 6.12. The molecule has 0 bridgehead atoms. The maximum atomic E-state index is 11.8. The molecule has 0 aromatic rings. The van der Waals surface area contributed by atoms with Crippen LogP contribution in [0.5, 0.6) is 0 Å². The summed E-state index contributed by atoms with van der Waals surface area (Å²) in [6.45, 7) is 3.98. The van der Waals surface area contributed by atoms with Crippen LogP contribution in [-0.4, -0.2) is 42.1 Å². The lowest BCUT2D eigenvalue weighted by molar-refractivity contribution is -0.155. The normalized spacial score (nSPS) is 34.8. The van der Waals surface area contributed by atoms with Crippen LogP contribution in [0.2, 0.25) is 0 Å². The molecule has 0 aromatic heterocycles. The van der Waals surface area contributed by atoms with Crippen molar-refractivity contribution >= 4 is 5.91 Å². The van der Waals surface area contributed by atoms with Crippen molar-refractivity contribution in [2.24, 2.45) is 5.73 Å². The number of hydrogen-bond acceptors (Lipinski definition) is 3. The summed E-state index contributed by atoms with van der Waals surface area (Å²) in [5, 5.41) is 0. The zero-order valence-corrected chi connectivity index (χ0v) is 7.95. The van der Waals surface area contributed by atoms with Crippen LogP contribution in [0.15, 0.2) is 0 Å². The minimum absolute atomic E-state index is 0.117. The van der Waals surface area contributed by atoms with Crippen LogP contribution < -0.4 is 5.73 Å². The molecule has 74 valence electrons. The Labute approximate surface area is 78.0 Å². The summed E-state index contributed by atoms with van der Waals surface area (Å²) < 4.78 is 5.46. The fourth-order valence-corrected chi connectivity index (χ4v) is 1.96. The van der Waals surface area contributed by atoms with Gasteiger partial charge in [0.1, 0.15) is 5.60 Å². The molecular weight excluding hydrogens is 168 g/mol. The lowest BCUT2D eigenvalue weighted by Crippen LogP contribution is -2.62. The second-order valence-electron chi connectivity index (χ2n) is 4.15. The van der Waals surface area contributed by atoms with E-state index in [0.29, 0.717) is 19.7 Å². The largest absolute Gasteiger partial charge is 0.365 e. The molecule has 2 aliphatic rings. The molecule has 1 atom stereocenters. The molecule has 0 saturated carbocycles. The van der Waals surface area contributed by atoms with E-state index in [-0.39, 0.29) is 11.9 Å². The Bertz CT molecular complexity index is 218. The zero-order valence-electron chi connectivity index (χ0n) is 7.95. The van der Waals surface area contributed by atoms with Crippen molar-refractivity contribution < 1.29 is 9.53 Å². The molecule has 0 spiro atoms. The number of hydrogen-bond donors (Lipinski definition) is 1. The van der Waals surface area contributed by atoms with Crippen LogP contribution in [0.25, 0.3) is 0 Å². The van der Waals surface area contributed by atoms with Crippen molar-refractivity contribution in [2.75, 3.05) is 19.7 Å². The predicted molar refractivity (Wildman–Crippen MR) is 48.1 cm³/mol. The molecule has 2 aliphatic heterocycles. The van der Waals surface area contributed by atoms with E-state index in [4.69, 9.17) is 10.5 Å². The first-order valence-electron chi connectivity index (χ1n) is 4.81. The number of nitrogens with two attached hydrogens (primary N) is 1. The Morgan fingerprint density at radius 3 is 2.77 bits per heavy atom. The summed E-state index contributed by atoms with van der Waals surface area (Å²) in [6, 6.07) is 0.175. The maximum Gasteiger partial charge on any atom is 0.254 e. The minimum Gasteiger partial charge on any atom is -0.365 e. The highest BCUT2D eigenvalue weighted by atomic mass is 16.5. The highest BCUT2D eigenvalue weighted by Gasteiger charge is 2.43. The van der Waals surface area contributed by atoms with Gasteiger partial charge < -0.3 is 15.4 Å². The van der Waals surface area contributed by atoms with Gasteiger partial charge in [0.15, 0.2) is 0 Å². The van der Waals surface area contributed by atoms with E-state index in [1.54, 1.807) is 4.90 Å². The Morgan fingerprint density at radius 1 is 1.62 bits per heavy atom. The molecule has 0 aromatic carbocycles. The molecule has 0 aliphatic carbocycles. The Morgan fingerprint density at radius 2 is 2.31 bits per heavy atom. The van der Waals surface area contributed by atoms with Crippen molar-refractivity contribution in [3.05, 3.63) is 0 Å². The molecule has 2 rings (SSSR count). The zero-order chi connectivity index (χ0) is 9.47. The Hall–Kier alpha value is -0.610. The van der Waals surface area contributed by atoms with Crippen LogP contribution in [0.1, 0.15) is 19.8 Å². The summed E-state index contributed by atoms with van der Waals surface area (Å²) in [6.07, 6.45) is 1.83. The highest BCUT2D eigenvalue weighted by Crippen LogP contribution is 2.28. The molecular formula is C9H16N2O2. The lowest BCUT2D eigenvalue weighted by atomic mass is 9.98. The Balaban J connectivity index is 1.96. The molecule has 2 saturated heterocycles. The van der Waals surface area contributed by atoms with Crippen molar-refractivity contribution in [2.45, 2.75) is 31.4 Å². The molecule has 2 heterocycles. The molecule has 4 heteroatoms. The van der Waals surface area contributed by atoms with Gasteiger partial charge in [0.2, 0.25) is 0 Å². The van der Waals surface area contributed by atoms with E-state index < -0.39 is 5.60 Å². The lowest BCUT2D eigenvalue weighted by Gasteiger charge is -2.40. The number of nitrogens with zero attached hydrogens (tertiary/aromatic N) is 1. The SMILES string of the molecule is CC1(C(=O)N2CC(N)C2)CCCO1. The quantitative estimate of drug-likeness (QED) is 0.610. The van der Waals surface area contributed by atoms with Gasteiger partial charge in [-0.25, -0.2) is 0 Å². The number of amides is 1. The summed E-state index contributed by atoms with van der Waals surface area (Å²) in [4.78, 5) is 13.6. The third-order valence-electron chi connectivity index (χ3n) is 2.87. The topological polar surface area (TPSA) is 55.6 Å². The van der Waals surface area contributed by atoms with Gasteiger partial charge in [0.05, 0.1) is 0 Å². The fraction of sp³-hybridized carbons (Fsp3) is 0.889. The summed E-state index contributed by atoms with van der Waals surface area (Å²) >= 11 is 0.